The monoisotopic (exact) mass is 565 g/mol. The molecule has 0 fully saturated rings. The van der Waals surface area contributed by atoms with Crippen LogP contribution in [0.15, 0.2) is 100 Å². The Hall–Kier alpha value is -4.69. The van der Waals surface area contributed by atoms with Crippen molar-refractivity contribution in [3.63, 3.8) is 0 Å². The predicted octanol–water partition coefficient (Wildman–Crippen LogP) is 5.06. The number of carbonyl (C=O) groups is 1. The van der Waals surface area contributed by atoms with Crippen LogP contribution in [0.1, 0.15) is 35.2 Å². The van der Waals surface area contributed by atoms with Crippen LogP contribution in [0.25, 0.3) is 6.08 Å². The number of aryl methyl sites for hydroxylation is 2. The van der Waals surface area contributed by atoms with Gasteiger partial charge in [0.15, 0.2) is 4.80 Å². The average molecular weight is 566 g/mol. The molecule has 0 bridgehead atoms. The van der Waals surface area contributed by atoms with Gasteiger partial charge in [0.1, 0.15) is 18.1 Å². The number of hydrogen-bond acceptors (Lipinski definition) is 6. The Bertz CT molecular complexity index is 1830. The van der Waals surface area contributed by atoms with Crippen molar-refractivity contribution >= 4 is 29.0 Å². The summed E-state index contributed by atoms with van der Waals surface area (Å²) in [6.07, 6.45) is 3.52. The lowest BCUT2D eigenvalue weighted by atomic mass is 9.95. The Balaban J connectivity index is 1.60. The number of aromatic nitrogens is 1. The second-order valence-electron chi connectivity index (χ2n) is 9.80. The lowest BCUT2D eigenvalue weighted by Gasteiger charge is -2.25. The summed E-state index contributed by atoms with van der Waals surface area (Å²) in [6.45, 7) is 9.86. The molecule has 1 aromatic heterocycles. The summed E-state index contributed by atoms with van der Waals surface area (Å²) < 4.78 is 13.1. The number of carbonyl (C=O) groups excluding carboxylic acids is 1. The molecule has 7 nitrogen and oxygen atoms in total. The zero-order valence-electron chi connectivity index (χ0n) is 23.4. The van der Waals surface area contributed by atoms with E-state index in [0.29, 0.717) is 38.6 Å². The molecule has 8 heteroatoms. The van der Waals surface area contributed by atoms with Gasteiger partial charge < -0.3 is 14.8 Å². The van der Waals surface area contributed by atoms with Gasteiger partial charge in [-0.25, -0.2) is 4.99 Å². The van der Waals surface area contributed by atoms with Crippen LogP contribution in [0.2, 0.25) is 0 Å². The fourth-order valence-corrected chi connectivity index (χ4v) is 5.87. The number of fused-ring (bicyclic) bond motifs is 1. The number of anilines is 1. The maximum absolute atomic E-state index is 13.9. The number of thiazole rings is 1. The summed E-state index contributed by atoms with van der Waals surface area (Å²) in [5, 5.41) is 3.06. The topological polar surface area (TPSA) is 81.9 Å². The number of methoxy groups -OCH3 is 1. The highest BCUT2D eigenvalue weighted by molar-refractivity contribution is 7.07. The van der Waals surface area contributed by atoms with Gasteiger partial charge in [-0.05, 0) is 73.9 Å². The molecule has 2 heterocycles. The molecule has 208 valence electrons. The van der Waals surface area contributed by atoms with Crippen molar-refractivity contribution < 1.29 is 14.3 Å². The number of hydrogen-bond donors (Lipinski definition) is 1. The van der Waals surface area contributed by atoms with Crippen molar-refractivity contribution in [1.82, 2.24) is 4.57 Å². The molecule has 1 aliphatic rings. The van der Waals surface area contributed by atoms with Crippen molar-refractivity contribution in [2.45, 2.75) is 26.8 Å². The van der Waals surface area contributed by atoms with Crippen LogP contribution in [0.4, 0.5) is 5.69 Å². The molecular formula is C33H31N3O4S. The molecule has 1 amide bonds. The minimum Gasteiger partial charge on any atom is -0.497 e. The molecular weight excluding hydrogens is 534 g/mol. The van der Waals surface area contributed by atoms with E-state index in [-0.39, 0.29) is 11.5 Å². The molecule has 0 spiro atoms. The van der Waals surface area contributed by atoms with Crippen LogP contribution < -0.4 is 29.7 Å². The Morgan fingerprint density at radius 3 is 2.41 bits per heavy atom. The Morgan fingerprint density at radius 1 is 1.05 bits per heavy atom. The molecule has 1 N–H and O–H groups in total. The Kier molecular flexibility index (Phi) is 8.03. The van der Waals surface area contributed by atoms with Crippen LogP contribution in [-0.4, -0.2) is 24.2 Å². The molecule has 1 atom stereocenters. The Labute approximate surface area is 242 Å². The van der Waals surface area contributed by atoms with Crippen molar-refractivity contribution in [3.05, 3.63) is 133 Å². The minimum atomic E-state index is -0.667. The van der Waals surface area contributed by atoms with Gasteiger partial charge in [0.05, 0.1) is 29.0 Å². The molecule has 1 aliphatic heterocycles. The molecule has 0 unspecified atom stereocenters. The highest BCUT2D eigenvalue weighted by Crippen LogP contribution is 2.32. The molecule has 41 heavy (non-hydrogen) atoms. The van der Waals surface area contributed by atoms with E-state index in [1.807, 2.05) is 93.6 Å². The highest BCUT2D eigenvalue weighted by Gasteiger charge is 2.32. The van der Waals surface area contributed by atoms with E-state index in [0.717, 1.165) is 28.0 Å². The molecule has 5 rings (SSSR count). The van der Waals surface area contributed by atoms with Crippen molar-refractivity contribution in [3.8, 4) is 11.5 Å². The van der Waals surface area contributed by atoms with Crippen LogP contribution in [-0.2, 0) is 4.79 Å². The normalized spacial score (nSPS) is 14.7. The van der Waals surface area contributed by atoms with Crippen LogP contribution in [0.5, 0.6) is 11.5 Å². The largest absolute Gasteiger partial charge is 0.497 e. The second kappa shape index (κ2) is 11.8. The van der Waals surface area contributed by atoms with Crippen LogP contribution >= 0.6 is 11.3 Å². The van der Waals surface area contributed by atoms with Crippen molar-refractivity contribution in [2.75, 3.05) is 19.0 Å². The zero-order valence-corrected chi connectivity index (χ0v) is 24.2. The first kappa shape index (κ1) is 27.9. The summed E-state index contributed by atoms with van der Waals surface area (Å²) in [5.41, 5.74) is 5.17. The molecule has 0 aliphatic carbocycles. The molecule has 0 saturated heterocycles. The van der Waals surface area contributed by atoms with Gasteiger partial charge in [0, 0.05) is 5.69 Å². The number of ether oxygens (including phenoxy) is 2. The molecule has 0 saturated carbocycles. The van der Waals surface area contributed by atoms with E-state index in [2.05, 4.69) is 11.9 Å². The number of amides is 1. The van der Waals surface area contributed by atoms with E-state index in [4.69, 9.17) is 14.5 Å². The van der Waals surface area contributed by atoms with E-state index >= 15 is 0 Å². The lowest BCUT2D eigenvalue weighted by molar-refractivity contribution is -0.113. The third-order valence-electron chi connectivity index (χ3n) is 6.87. The summed E-state index contributed by atoms with van der Waals surface area (Å²) in [4.78, 5) is 33.1. The number of nitrogens with one attached hydrogen (secondary N) is 1. The second-order valence-corrected chi connectivity index (χ2v) is 10.8. The minimum absolute atomic E-state index is 0.217. The van der Waals surface area contributed by atoms with Gasteiger partial charge in [0.25, 0.3) is 11.5 Å². The van der Waals surface area contributed by atoms with Crippen molar-refractivity contribution in [1.29, 1.82) is 0 Å². The average Bonchev–Trinajstić information content (AvgIpc) is 3.27. The van der Waals surface area contributed by atoms with Crippen LogP contribution in [0.3, 0.4) is 0 Å². The Morgan fingerprint density at radius 2 is 1.76 bits per heavy atom. The van der Waals surface area contributed by atoms with E-state index in [1.54, 1.807) is 17.8 Å². The molecule has 4 aromatic rings. The van der Waals surface area contributed by atoms with Gasteiger partial charge in [-0.15, -0.1) is 0 Å². The SMILES string of the molecule is C=CCOc1ccc(/C=c2/sc3n(c2=O)[C@@H](c2ccc(OC)cc2)C(C(=O)Nc2ccc(C)cc2C)=C(C)N=3)cc1. The van der Waals surface area contributed by atoms with Crippen LogP contribution in [0, 0.1) is 13.8 Å². The molecule has 3 aromatic carbocycles. The number of benzene rings is 3. The summed E-state index contributed by atoms with van der Waals surface area (Å²) in [7, 11) is 1.60. The third-order valence-corrected chi connectivity index (χ3v) is 7.86. The fourth-order valence-electron chi connectivity index (χ4n) is 4.82. The van der Waals surface area contributed by atoms with Gasteiger partial charge in [-0.2, -0.15) is 0 Å². The first-order valence-corrected chi connectivity index (χ1v) is 14.0. The van der Waals surface area contributed by atoms with Gasteiger partial charge in [-0.3, -0.25) is 14.2 Å². The van der Waals surface area contributed by atoms with Crippen molar-refractivity contribution in [2.24, 2.45) is 4.99 Å². The summed E-state index contributed by atoms with van der Waals surface area (Å²) >= 11 is 1.30. The van der Waals surface area contributed by atoms with E-state index in [9.17, 15) is 9.59 Å². The van der Waals surface area contributed by atoms with Gasteiger partial charge in [-0.1, -0.05) is 66.0 Å². The maximum atomic E-state index is 13.9. The lowest BCUT2D eigenvalue weighted by Crippen LogP contribution is -2.40. The number of nitrogens with zero attached hydrogens (tertiary/aromatic N) is 2. The maximum Gasteiger partial charge on any atom is 0.271 e. The van der Waals surface area contributed by atoms with Gasteiger partial charge >= 0.3 is 0 Å². The predicted molar refractivity (Wildman–Crippen MR) is 163 cm³/mol. The first-order valence-electron chi connectivity index (χ1n) is 13.2. The van der Waals surface area contributed by atoms with E-state index in [1.165, 1.54) is 11.3 Å². The number of allylic oxidation sites excluding steroid dienone is 1. The molecule has 0 radical (unpaired) electrons. The summed E-state index contributed by atoms with van der Waals surface area (Å²) in [6, 6.07) is 20.1. The fraction of sp³-hybridized carbons (Fsp3) is 0.182. The van der Waals surface area contributed by atoms with E-state index < -0.39 is 6.04 Å². The smallest absolute Gasteiger partial charge is 0.271 e. The van der Waals surface area contributed by atoms with Gasteiger partial charge in [0.2, 0.25) is 0 Å². The number of rotatable bonds is 8. The standard InChI is InChI=1S/C33H31N3O4S/c1-6-17-40-26-12-8-23(9-13-26)19-28-32(38)36-30(24-10-14-25(39-5)15-11-24)29(22(4)34-33(36)41-28)31(37)35-27-16-7-20(2)18-21(27)3/h6-16,18-19,30H,1,17H2,2-5H3,(H,35,37)/b28-19+/t30-/m0/s1. The zero-order chi connectivity index (χ0) is 29.1. The third kappa shape index (κ3) is 5.78. The quantitative estimate of drug-likeness (QED) is 0.303. The summed E-state index contributed by atoms with van der Waals surface area (Å²) in [5.74, 6) is 1.10. The first-order chi connectivity index (χ1) is 19.8. The highest BCUT2D eigenvalue weighted by atomic mass is 32.1.